The maximum atomic E-state index is 12.2. The second-order valence-electron chi connectivity index (χ2n) is 3.59. The minimum Gasteiger partial charge on any atom is -0.289 e. The van der Waals surface area contributed by atoms with Gasteiger partial charge in [-0.2, -0.15) is 0 Å². The molecule has 1 nitrogen and oxygen atoms in total. The van der Waals surface area contributed by atoms with Gasteiger partial charge in [-0.05, 0) is 41.1 Å². The molecule has 0 saturated heterocycles. The summed E-state index contributed by atoms with van der Waals surface area (Å²) in [4.78, 5) is 12.2. The molecule has 0 radical (unpaired) electrons. The number of hydrogen-bond acceptors (Lipinski definition) is 2. The van der Waals surface area contributed by atoms with Gasteiger partial charge in [0.15, 0.2) is 5.43 Å². The van der Waals surface area contributed by atoms with Crippen LogP contribution < -0.4 is 5.43 Å². The molecule has 0 spiro atoms. The van der Waals surface area contributed by atoms with Gasteiger partial charge in [0.05, 0.1) is 0 Å². The SMILES string of the molecule is O=c1c2ccc(Cl)cc2ccc2sccc12. The van der Waals surface area contributed by atoms with E-state index in [9.17, 15) is 4.79 Å². The largest absolute Gasteiger partial charge is 0.289 e. The van der Waals surface area contributed by atoms with Gasteiger partial charge >= 0.3 is 0 Å². The molecule has 3 aromatic rings. The first-order valence-corrected chi connectivity index (χ1v) is 6.11. The molecule has 3 heteroatoms. The maximum absolute atomic E-state index is 12.2. The van der Waals surface area contributed by atoms with Crippen molar-refractivity contribution >= 4 is 43.8 Å². The third-order valence-electron chi connectivity index (χ3n) is 2.61. The molecular weight excluding hydrogens is 240 g/mol. The van der Waals surface area contributed by atoms with Gasteiger partial charge in [-0.1, -0.05) is 17.7 Å². The van der Waals surface area contributed by atoms with Crippen molar-refractivity contribution in [1.29, 1.82) is 0 Å². The molecule has 0 N–H and O–H groups in total. The van der Waals surface area contributed by atoms with E-state index in [-0.39, 0.29) is 5.43 Å². The third kappa shape index (κ3) is 1.42. The minimum atomic E-state index is 0.0768. The van der Waals surface area contributed by atoms with Gasteiger partial charge in [-0.25, -0.2) is 0 Å². The van der Waals surface area contributed by atoms with E-state index in [0.29, 0.717) is 5.02 Å². The standard InChI is InChI=1S/C13H7ClOS/c14-9-2-3-10-8(7-9)1-4-12-11(13(10)15)5-6-16-12/h1-7H. The van der Waals surface area contributed by atoms with Gasteiger partial charge < -0.3 is 0 Å². The lowest BCUT2D eigenvalue weighted by atomic mass is 10.2. The summed E-state index contributed by atoms with van der Waals surface area (Å²) in [6.07, 6.45) is 0. The number of benzene rings is 1. The van der Waals surface area contributed by atoms with Crippen LogP contribution in [-0.4, -0.2) is 0 Å². The highest BCUT2D eigenvalue weighted by Crippen LogP contribution is 2.21. The van der Waals surface area contributed by atoms with Crippen LogP contribution in [0.4, 0.5) is 0 Å². The van der Waals surface area contributed by atoms with E-state index in [1.807, 2.05) is 29.6 Å². The summed E-state index contributed by atoms with van der Waals surface area (Å²) >= 11 is 7.50. The lowest BCUT2D eigenvalue weighted by Crippen LogP contribution is -1.96. The highest BCUT2D eigenvalue weighted by atomic mass is 35.5. The Morgan fingerprint density at radius 1 is 1.00 bits per heavy atom. The Kier molecular flexibility index (Phi) is 2.20. The highest BCUT2D eigenvalue weighted by Gasteiger charge is 2.03. The van der Waals surface area contributed by atoms with Crippen LogP contribution in [0.1, 0.15) is 0 Å². The van der Waals surface area contributed by atoms with Crippen molar-refractivity contribution in [3.63, 3.8) is 0 Å². The van der Waals surface area contributed by atoms with E-state index in [1.54, 1.807) is 23.5 Å². The zero-order valence-electron chi connectivity index (χ0n) is 8.24. The fourth-order valence-electron chi connectivity index (χ4n) is 1.83. The van der Waals surface area contributed by atoms with Crippen molar-refractivity contribution in [2.24, 2.45) is 0 Å². The molecule has 0 aliphatic carbocycles. The zero-order valence-corrected chi connectivity index (χ0v) is 9.81. The number of rotatable bonds is 0. The number of hydrogen-bond donors (Lipinski definition) is 0. The fourth-order valence-corrected chi connectivity index (χ4v) is 2.79. The van der Waals surface area contributed by atoms with Crippen LogP contribution in [0.25, 0.3) is 20.9 Å². The predicted octanol–water partition coefficient (Wildman–Crippen LogP) is 4.07. The van der Waals surface area contributed by atoms with E-state index in [2.05, 4.69) is 0 Å². The van der Waals surface area contributed by atoms with Crippen molar-refractivity contribution in [3.05, 3.63) is 57.0 Å². The smallest absolute Gasteiger partial charge is 0.195 e. The first-order valence-electron chi connectivity index (χ1n) is 4.85. The van der Waals surface area contributed by atoms with Crippen LogP contribution in [0.15, 0.2) is 46.6 Å². The average Bonchev–Trinajstić information content (AvgIpc) is 2.69. The van der Waals surface area contributed by atoms with E-state index in [0.717, 1.165) is 20.9 Å². The molecule has 78 valence electrons. The average molecular weight is 247 g/mol. The molecule has 0 bridgehead atoms. The van der Waals surface area contributed by atoms with Crippen LogP contribution in [0.5, 0.6) is 0 Å². The summed E-state index contributed by atoms with van der Waals surface area (Å²) in [7, 11) is 0. The molecule has 1 aromatic heterocycles. The topological polar surface area (TPSA) is 17.1 Å². The van der Waals surface area contributed by atoms with Gasteiger partial charge in [0.1, 0.15) is 0 Å². The zero-order chi connectivity index (χ0) is 11.1. The fraction of sp³-hybridized carbons (Fsp3) is 0. The van der Waals surface area contributed by atoms with Crippen LogP contribution in [0.2, 0.25) is 5.02 Å². The molecule has 0 atom stereocenters. The molecule has 16 heavy (non-hydrogen) atoms. The van der Waals surface area contributed by atoms with Crippen molar-refractivity contribution in [1.82, 2.24) is 0 Å². The van der Waals surface area contributed by atoms with Crippen LogP contribution >= 0.6 is 22.9 Å². The van der Waals surface area contributed by atoms with Crippen LogP contribution in [0, 0.1) is 0 Å². The predicted molar refractivity (Wildman–Crippen MR) is 70.6 cm³/mol. The molecule has 2 aromatic carbocycles. The van der Waals surface area contributed by atoms with E-state index in [4.69, 9.17) is 11.6 Å². The van der Waals surface area contributed by atoms with Crippen molar-refractivity contribution in [3.8, 4) is 0 Å². The molecule has 0 unspecified atom stereocenters. The third-order valence-corrected chi connectivity index (χ3v) is 3.73. The van der Waals surface area contributed by atoms with E-state index >= 15 is 0 Å². The molecule has 0 aliphatic rings. The molecule has 0 aliphatic heterocycles. The second kappa shape index (κ2) is 3.58. The number of halogens is 1. The highest BCUT2D eigenvalue weighted by molar-refractivity contribution is 7.17. The lowest BCUT2D eigenvalue weighted by molar-refractivity contribution is 1.77. The summed E-state index contributed by atoms with van der Waals surface area (Å²) in [6, 6.07) is 11.2. The quantitative estimate of drug-likeness (QED) is 0.584. The van der Waals surface area contributed by atoms with Gasteiger partial charge in [0, 0.05) is 20.5 Å². The monoisotopic (exact) mass is 246 g/mol. The Balaban J connectivity index is 2.64. The number of thiophene rings is 1. The Bertz CT molecular complexity index is 746. The summed E-state index contributed by atoms with van der Waals surface area (Å²) in [6.45, 7) is 0. The summed E-state index contributed by atoms with van der Waals surface area (Å²) in [5, 5.41) is 4.98. The van der Waals surface area contributed by atoms with Crippen molar-refractivity contribution in [2.75, 3.05) is 0 Å². The van der Waals surface area contributed by atoms with Crippen molar-refractivity contribution < 1.29 is 0 Å². The first-order chi connectivity index (χ1) is 7.75. The Hall–Kier alpha value is -1.38. The van der Waals surface area contributed by atoms with E-state index in [1.165, 1.54) is 0 Å². The molecular formula is C13H7ClOS. The van der Waals surface area contributed by atoms with Crippen molar-refractivity contribution in [2.45, 2.75) is 0 Å². The minimum absolute atomic E-state index is 0.0768. The molecule has 0 amide bonds. The van der Waals surface area contributed by atoms with Gasteiger partial charge in [0.2, 0.25) is 0 Å². The Morgan fingerprint density at radius 3 is 2.75 bits per heavy atom. The molecule has 0 fully saturated rings. The van der Waals surface area contributed by atoms with Gasteiger partial charge in [0.25, 0.3) is 0 Å². The Labute approximate surface area is 101 Å². The Morgan fingerprint density at radius 2 is 1.88 bits per heavy atom. The van der Waals surface area contributed by atoms with E-state index < -0.39 is 0 Å². The van der Waals surface area contributed by atoms with Crippen LogP contribution in [0.3, 0.4) is 0 Å². The number of fused-ring (bicyclic) bond motifs is 2. The summed E-state index contributed by atoms with van der Waals surface area (Å²) < 4.78 is 1.01. The lowest BCUT2D eigenvalue weighted by Gasteiger charge is -1.91. The summed E-state index contributed by atoms with van der Waals surface area (Å²) in [5.41, 5.74) is 0.0768. The van der Waals surface area contributed by atoms with Gasteiger partial charge in [-0.3, -0.25) is 4.79 Å². The first kappa shape index (κ1) is 9.82. The molecule has 1 heterocycles. The summed E-state index contributed by atoms with van der Waals surface area (Å²) in [5.74, 6) is 0. The normalized spacial score (nSPS) is 11.1. The van der Waals surface area contributed by atoms with Gasteiger partial charge in [-0.15, -0.1) is 11.3 Å². The maximum Gasteiger partial charge on any atom is 0.195 e. The second-order valence-corrected chi connectivity index (χ2v) is 4.98. The molecule has 0 saturated carbocycles. The molecule has 3 rings (SSSR count). The van der Waals surface area contributed by atoms with Crippen LogP contribution in [-0.2, 0) is 0 Å².